The first-order chi connectivity index (χ1) is 20.7. The van der Waals surface area contributed by atoms with Crippen LogP contribution in [-0.4, -0.2) is 81.6 Å². The van der Waals surface area contributed by atoms with Gasteiger partial charge in [-0.3, -0.25) is 4.79 Å². The largest absolute Gasteiger partial charge is 0.378 e. The Kier molecular flexibility index (Phi) is 10.3. The number of hydrogen-bond donors (Lipinski definition) is 2. The molecule has 1 saturated heterocycles. The number of carbonyl (C=O) groups is 1. The Morgan fingerprint density at radius 3 is 2.29 bits per heavy atom. The SMILES string of the molecule is CC1C(S(=O)(=O)NCC(C)(C)C(N)=O)C=C(c2ccc(S(=O)(=O)N3CCOCC3(C)C)c(C(C)(C)C)c2)N1CC1CCCCC1. The number of ether oxygens (including phenoxy) is 1. The van der Waals surface area contributed by atoms with E-state index in [-0.39, 0.29) is 24.0 Å². The van der Waals surface area contributed by atoms with Gasteiger partial charge in [0.05, 0.1) is 29.1 Å². The molecule has 0 radical (unpaired) electrons. The maximum Gasteiger partial charge on any atom is 0.244 e. The van der Waals surface area contributed by atoms with Crippen LogP contribution in [0.3, 0.4) is 0 Å². The summed E-state index contributed by atoms with van der Waals surface area (Å²) in [6, 6.07) is 5.08. The number of rotatable bonds is 10. The maximum absolute atomic E-state index is 14.2. The van der Waals surface area contributed by atoms with E-state index in [2.05, 4.69) is 9.62 Å². The molecule has 2 atom stereocenters. The molecular weight excluding hydrogens is 613 g/mol. The molecule has 45 heavy (non-hydrogen) atoms. The molecule has 1 aliphatic carbocycles. The third-order valence-electron chi connectivity index (χ3n) is 9.74. The van der Waals surface area contributed by atoms with E-state index in [0.29, 0.717) is 24.7 Å². The predicted molar refractivity (Wildman–Crippen MR) is 178 cm³/mol. The minimum atomic E-state index is -3.88. The third kappa shape index (κ3) is 7.61. The number of benzene rings is 1. The summed E-state index contributed by atoms with van der Waals surface area (Å²) in [5.74, 6) is -0.136. The van der Waals surface area contributed by atoms with Crippen molar-refractivity contribution in [3.8, 4) is 0 Å². The number of hydrogen-bond acceptors (Lipinski definition) is 7. The van der Waals surface area contributed by atoms with Crippen LogP contribution in [0.2, 0.25) is 0 Å². The van der Waals surface area contributed by atoms with Gasteiger partial charge < -0.3 is 15.4 Å². The molecular formula is C33H54N4O6S2. The molecule has 3 aliphatic rings. The van der Waals surface area contributed by atoms with Crippen molar-refractivity contribution in [2.75, 3.05) is 32.8 Å². The van der Waals surface area contributed by atoms with E-state index in [1.165, 1.54) is 6.42 Å². The summed E-state index contributed by atoms with van der Waals surface area (Å²) < 4.78 is 65.7. The zero-order valence-electron chi connectivity index (χ0n) is 28.4. The van der Waals surface area contributed by atoms with Gasteiger partial charge in [-0.1, -0.05) is 46.1 Å². The van der Waals surface area contributed by atoms with Crippen molar-refractivity contribution in [2.45, 2.75) is 115 Å². The number of amides is 1. The van der Waals surface area contributed by atoms with Gasteiger partial charge in [0.15, 0.2) is 0 Å². The molecule has 1 aromatic rings. The number of carbonyl (C=O) groups excluding carboxylic acids is 1. The lowest BCUT2D eigenvalue weighted by Crippen LogP contribution is -2.55. The first kappa shape index (κ1) is 35.9. The van der Waals surface area contributed by atoms with Gasteiger partial charge in [0, 0.05) is 31.4 Å². The van der Waals surface area contributed by atoms with Gasteiger partial charge in [-0.2, -0.15) is 4.31 Å². The molecule has 2 fully saturated rings. The van der Waals surface area contributed by atoms with E-state index < -0.39 is 47.6 Å². The van der Waals surface area contributed by atoms with Crippen LogP contribution < -0.4 is 10.5 Å². The van der Waals surface area contributed by atoms with Crippen LogP contribution >= 0.6 is 0 Å². The van der Waals surface area contributed by atoms with Crippen molar-refractivity contribution < 1.29 is 26.4 Å². The van der Waals surface area contributed by atoms with Crippen molar-refractivity contribution in [1.82, 2.24) is 13.9 Å². The summed E-state index contributed by atoms with van der Waals surface area (Å²) in [6.45, 7) is 16.5. The van der Waals surface area contributed by atoms with Crippen LogP contribution in [0.4, 0.5) is 0 Å². The standard InChI is InChI=1S/C33H54N4O6S2/c1-23-29(44(39,40)35-21-32(5,6)30(34)38)19-27(36(23)20-24-12-10-9-11-13-24)25-14-15-28(26(18-25)31(2,3)4)45(41,42)37-16-17-43-22-33(37,7)8/h14-15,18-19,23-24,29,35H,9-13,16-17,20-22H2,1-8H3,(H2,34,38). The Morgan fingerprint density at radius 1 is 1.07 bits per heavy atom. The van der Waals surface area contributed by atoms with Crippen molar-refractivity contribution in [2.24, 2.45) is 17.1 Å². The van der Waals surface area contributed by atoms with Crippen molar-refractivity contribution in [3.63, 3.8) is 0 Å². The van der Waals surface area contributed by atoms with Crippen LogP contribution in [-0.2, 0) is 35.0 Å². The number of morpholine rings is 1. The second-order valence-electron chi connectivity index (χ2n) is 15.4. The topological polar surface area (TPSA) is 139 Å². The fourth-order valence-corrected chi connectivity index (χ4v) is 10.6. The smallest absolute Gasteiger partial charge is 0.244 e. The fraction of sp³-hybridized carbons (Fsp3) is 0.727. The minimum Gasteiger partial charge on any atom is -0.378 e. The zero-order chi connectivity index (χ0) is 33.6. The van der Waals surface area contributed by atoms with Gasteiger partial charge in [-0.25, -0.2) is 21.6 Å². The molecule has 0 spiro atoms. The predicted octanol–water partition coefficient (Wildman–Crippen LogP) is 4.21. The van der Waals surface area contributed by atoms with Crippen LogP contribution in [0.1, 0.15) is 98.6 Å². The molecule has 4 rings (SSSR count). The lowest BCUT2D eigenvalue weighted by molar-refractivity contribution is -0.125. The normalized spacial score (nSPS) is 24.1. The second kappa shape index (κ2) is 12.9. The highest BCUT2D eigenvalue weighted by Gasteiger charge is 2.44. The average Bonchev–Trinajstić information content (AvgIpc) is 3.27. The monoisotopic (exact) mass is 666 g/mol. The van der Waals surface area contributed by atoms with Gasteiger partial charge in [-0.15, -0.1) is 0 Å². The van der Waals surface area contributed by atoms with E-state index in [1.807, 2.05) is 53.7 Å². The highest BCUT2D eigenvalue weighted by Crippen LogP contribution is 2.40. The van der Waals surface area contributed by atoms with Crippen LogP contribution in [0.15, 0.2) is 29.2 Å². The number of nitrogens with two attached hydrogens (primary N) is 1. The zero-order valence-corrected chi connectivity index (χ0v) is 30.0. The lowest BCUT2D eigenvalue weighted by Gasteiger charge is -2.41. The average molecular weight is 667 g/mol. The van der Waals surface area contributed by atoms with Crippen molar-refractivity contribution >= 4 is 31.7 Å². The molecule has 2 unspecified atom stereocenters. The molecule has 2 aliphatic heterocycles. The number of sulfonamides is 2. The van der Waals surface area contributed by atoms with Gasteiger partial charge >= 0.3 is 0 Å². The van der Waals surface area contributed by atoms with E-state index >= 15 is 0 Å². The summed E-state index contributed by atoms with van der Waals surface area (Å²) in [5.41, 5.74) is 5.53. The minimum absolute atomic E-state index is 0.0989. The summed E-state index contributed by atoms with van der Waals surface area (Å²) in [6.07, 6.45) is 7.54. The van der Waals surface area contributed by atoms with Gasteiger partial charge in [0.1, 0.15) is 5.25 Å². The molecule has 2 heterocycles. The van der Waals surface area contributed by atoms with E-state index in [9.17, 15) is 21.6 Å². The Bertz CT molecular complexity index is 1510. The molecule has 1 saturated carbocycles. The molecule has 1 amide bonds. The summed E-state index contributed by atoms with van der Waals surface area (Å²) in [4.78, 5) is 14.4. The van der Waals surface area contributed by atoms with Crippen LogP contribution in [0.5, 0.6) is 0 Å². The quantitative estimate of drug-likeness (QED) is 0.382. The number of nitrogens with one attached hydrogen (secondary N) is 1. The highest BCUT2D eigenvalue weighted by molar-refractivity contribution is 7.90. The fourth-order valence-electron chi connectivity index (χ4n) is 6.68. The Labute approximate surface area is 271 Å². The maximum atomic E-state index is 14.2. The van der Waals surface area contributed by atoms with Gasteiger partial charge in [0.25, 0.3) is 0 Å². The first-order valence-corrected chi connectivity index (χ1v) is 19.2. The second-order valence-corrected chi connectivity index (χ2v) is 19.2. The Morgan fingerprint density at radius 2 is 1.71 bits per heavy atom. The number of primary amides is 1. The van der Waals surface area contributed by atoms with Crippen LogP contribution in [0, 0.1) is 11.3 Å². The summed E-state index contributed by atoms with van der Waals surface area (Å²) in [7, 11) is -7.73. The molecule has 254 valence electrons. The molecule has 3 N–H and O–H groups in total. The molecule has 1 aromatic carbocycles. The van der Waals surface area contributed by atoms with Gasteiger partial charge in [0.2, 0.25) is 26.0 Å². The Balaban J connectivity index is 1.79. The van der Waals surface area contributed by atoms with Crippen molar-refractivity contribution in [1.29, 1.82) is 0 Å². The van der Waals surface area contributed by atoms with E-state index in [0.717, 1.165) is 43.5 Å². The summed E-state index contributed by atoms with van der Waals surface area (Å²) in [5, 5.41) is -0.865. The van der Waals surface area contributed by atoms with Crippen molar-refractivity contribution in [3.05, 3.63) is 35.4 Å². The lowest BCUT2D eigenvalue weighted by atomic mass is 9.85. The van der Waals surface area contributed by atoms with E-state index in [4.69, 9.17) is 10.5 Å². The van der Waals surface area contributed by atoms with E-state index in [1.54, 1.807) is 30.3 Å². The first-order valence-electron chi connectivity index (χ1n) is 16.2. The Hall–Kier alpha value is -1.99. The highest BCUT2D eigenvalue weighted by atomic mass is 32.2. The molecule has 12 heteroatoms. The molecule has 10 nitrogen and oxygen atoms in total. The molecule has 0 bridgehead atoms. The van der Waals surface area contributed by atoms with Gasteiger partial charge in [-0.05, 0) is 88.1 Å². The molecule has 0 aromatic heterocycles. The van der Waals surface area contributed by atoms with Crippen LogP contribution in [0.25, 0.3) is 5.70 Å². The number of nitrogens with zero attached hydrogens (tertiary/aromatic N) is 2. The summed E-state index contributed by atoms with van der Waals surface area (Å²) >= 11 is 0. The third-order valence-corrected chi connectivity index (χ3v) is 13.7.